The highest BCUT2D eigenvalue weighted by Gasteiger charge is 2.21. The van der Waals surface area contributed by atoms with Gasteiger partial charge in [0.2, 0.25) is 0 Å². The van der Waals surface area contributed by atoms with Gasteiger partial charge in [-0.05, 0) is 26.3 Å². The fourth-order valence-corrected chi connectivity index (χ4v) is 1.56. The molecule has 1 saturated heterocycles. The molecule has 0 radical (unpaired) electrons. The summed E-state index contributed by atoms with van der Waals surface area (Å²) in [6.45, 7) is 3.63. The second kappa shape index (κ2) is 4.42. The second-order valence-electron chi connectivity index (χ2n) is 3.19. The number of hydrogen-bond acceptors (Lipinski definition) is 3. The van der Waals surface area contributed by atoms with Crippen LogP contribution in [0.15, 0.2) is 0 Å². The van der Waals surface area contributed by atoms with Crippen LogP contribution in [0, 0.1) is 0 Å². The molecule has 4 nitrogen and oxygen atoms in total. The molecule has 1 amide bonds. The van der Waals surface area contributed by atoms with Gasteiger partial charge in [0, 0.05) is 6.04 Å². The van der Waals surface area contributed by atoms with E-state index in [1.54, 1.807) is 0 Å². The Bertz CT molecular complexity index is 161. The highest BCUT2D eigenvalue weighted by molar-refractivity contribution is 5.76. The van der Waals surface area contributed by atoms with Gasteiger partial charge in [0.15, 0.2) is 0 Å². The molecule has 1 rings (SSSR count). The van der Waals surface area contributed by atoms with Crippen LogP contribution >= 0.6 is 0 Å². The molecule has 0 bridgehead atoms. The number of likely N-dealkylation sites (tertiary alicyclic amines) is 1. The van der Waals surface area contributed by atoms with E-state index in [-0.39, 0.29) is 5.91 Å². The molecule has 70 valence electrons. The monoisotopic (exact) mass is 172 g/mol. The molecule has 12 heavy (non-hydrogen) atoms. The Morgan fingerprint density at radius 1 is 1.75 bits per heavy atom. The second-order valence-corrected chi connectivity index (χ2v) is 3.19. The van der Waals surface area contributed by atoms with E-state index in [0.29, 0.717) is 12.6 Å². The molecule has 1 heterocycles. The fraction of sp³-hybridized carbons (Fsp3) is 0.875. The average Bonchev–Trinajstić information content (AvgIpc) is 2.37. The molecule has 0 aromatic rings. The van der Waals surface area contributed by atoms with Crippen molar-refractivity contribution in [3.8, 4) is 0 Å². The van der Waals surface area contributed by atoms with Crippen LogP contribution in [0.5, 0.6) is 0 Å². The van der Waals surface area contributed by atoms with Gasteiger partial charge < -0.3 is 0 Å². The summed E-state index contributed by atoms with van der Waals surface area (Å²) in [6.07, 6.45) is 2.39. The molecule has 0 aromatic carbocycles. The van der Waals surface area contributed by atoms with Crippen LogP contribution in [0.25, 0.3) is 0 Å². The topological polar surface area (TPSA) is 41.6 Å². The lowest BCUT2D eigenvalue weighted by Crippen LogP contribution is -2.38. The first kappa shape index (κ1) is 9.48. The largest absolute Gasteiger partial charge is 0.292 e. The molecule has 1 N–H and O–H groups in total. The zero-order valence-electron chi connectivity index (χ0n) is 7.67. The standard InChI is InChI=1S/C8H16N2O2/c1-7-4-3-5-10(7)6-8(11)9-12-2/h7H,3-6H2,1-2H3,(H,9,11). The van der Waals surface area contributed by atoms with E-state index in [0.717, 1.165) is 6.54 Å². The molecule has 1 unspecified atom stereocenters. The van der Waals surface area contributed by atoms with Gasteiger partial charge in [0.25, 0.3) is 5.91 Å². The number of hydrogen-bond donors (Lipinski definition) is 1. The number of carbonyl (C=O) groups excluding carboxylic acids is 1. The Morgan fingerprint density at radius 3 is 3.00 bits per heavy atom. The third kappa shape index (κ3) is 2.46. The van der Waals surface area contributed by atoms with E-state index in [1.165, 1.54) is 20.0 Å². The first-order chi connectivity index (χ1) is 5.74. The van der Waals surface area contributed by atoms with Gasteiger partial charge in [-0.1, -0.05) is 0 Å². The van der Waals surface area contributed by atoms with E-state index >= 15 is 0 Å². The van der Waals surface area contributed by atoms with Crippen molar-refractivity contribution in [3.63, 3.8) is 0 Å². The van der Waals surface area contributed by atoms with Gasteiger partial charge in [-0.2, -0.15) is 0 Å². The minimum absolute atomic E-state index is 0.0637. The zero-order valence-corrected chi connectivity index (χ0v) is 7.67. The number of nitrogens with zero attached hydrogens (tertiary/aromatic N) is 1. The van der Waals surface area contributed by atoms with Gasteiger partial charge in [-0.3, -0.25) is 14.5 Å². The third-order valence-electron chi connectivity index (χ3n) is 2.25. The summed E-state index contributed by atoms with van der Waals surface area (Å²) < 4.78 is 0. The molecule has 0 aliphatic carbocycles. The predicted molar refractivity (Wildman–Crippen MR) is 45.4 cm³/mol. The molecule has 1 atom stereocenters. The van der Waals surface area contributed by atoms with Crippen LogP contribution in [0.3, 0.4) is 0 Å². The Hall–Kier alpha value is -0.610. The van der Waals surface area contributed by atoms with E-state index in [4.69, 9.17) is 0 Å². The van der Waals surface area contributed by atoms with Crippen LogP contribution in [0.1, 0.15) is 19.8 Å². The lowest BCUT2D eigenvalue weighted by Gasteiger charge is -2.19. The van der Waals surface area contributed by atoms with E-state index in [2.05, 4.69) is 22.1 Å². The van der Waals surface area contributed by atoms with E-state index in [9.17, 15) is 4.79 Å². The molecular weight excluding hydrogens is 156 g/mol. The smallest absolute Gasteiger partial charge is 0.257 e. The van der Waals surface area contributed by atoms with Gasteiger partial charge >= 0.3 is 0 Å². The van der Waals surface area contributed by atoms with Crippen molar-refractivity contribution in [3.05, 3.63) is 0 Å². The molecular formula is C8H16N2O2. The highest BCUT2D eigenvalue weighted by atomic mass is 16.6. The SMILES string of the molecule is CONC(=O)CN1CCCC1C. The normalized spacial score (nSPS) is 24.3. The summed E-state index contributed by atoms with van der Waals surface area (Å²) in [4.78, 5) is 17.8. The first-order valence-electron chi connectivity index (χ1n) is 4.30. The van der Waals surface area contributed by atoms with Gasteiger partial charge in [-0.15, -0.1) is 0 Å². The molecule has 1 aliphatic heterocycles. The third-order valence-corrected chi connectivity index (χ3v) is 2.25. The molecule has 0 aromatic heterocycles. The molecule has 1 aliphatic rings. The Morgan fingerprint density at radius 2 is 2.50 bits per heavy atom. The summed E-state index contributed by atoms with van der Waals surface area (Å²) in [5.74, 6) is -0.0637. The van der Waals surface area contributed by atoms with Crippen molar-refractivity contribution < 1.29 is 9.63 Å². The lowest BCUT2D eigenvalue weighted by molar-refractivity contribution is -0.132. The minimum Gasteiger partial charge on any atom is -0.292 e. The van der Waals surface area contributed by atoms with Gasteiger partial charge in [-0.25, -0.2) is 5.48 Å². The minimum atomic E-state index is -0.0637. The summed E-state index contributed by atoms with van der Waals surface area (Å²) in [5, 5.41) is 0. The maximum absolute atomic E-state index is 11.1. The van der Waals surface area contributed by atoms with Crippen LogP contribution in [0.2, 0.25) is 0 Å². The van der Waals surface area contributed by atoms with Crippen molar-refractivity contribution in [1.82, 2.24) is 10.4 Å². The summed E-state index contributed by atoms with van der Waals surface area (Å²) >= 11 is 0. The van der Waals surface area contributed by atoms with Crippen molar-refractivity contribution in [1.29, 1.82) is 0 Å². The molecule has 0 saturated carbocycles. The highest BCUT2D eigenvalue weighted by Crippen LogP contribution is 2.15. The van der Waals surface area contributed by atoms with Crippen LogP contribution in [-0.2, 0) is 9.63 Å². The zero-order chi connectivity index (χ0) is 8.97. The fourth-order valence-electron chi connectivity index (χ4n) is 1.56. The van der Waals surface area contributed by atoms with Crippen molar-refractivity contribution in [2.75, 3.05) is 20.2 Å². The molecule has 4 heteroatoms. The number of amides is 1. The van der Waals surface area contributed by atoms with Crippen molar-refractivity contribution >= 4 is 5.91 Å². The van der Waals surface area contributed by atoms with Gasteiger partial charge in [0.1, 0.15) is 0 Å². The van der Waals surface area contributed by atoms with Crippen LogP contribution < -0.4 is 5.48 Å². The van der Waals surface area contributed by atoms with E-state index < -0.39 is 0 Å². The average molecular weight is 172 g/mol. The Kier molecular flexibility index (Phi) is 3.49. The number of carbonyl (C=O) groups is 1. The Labute approximate surface area is 72.8 Å². The summed E-state index contributed by atoms with van der Waals surface area (Å²) in [7, 11) is 1.45. The number of nitrogens with one attached hydrogen (secondary N) is 1. The van der Waals surface area contributed by atoms with Crippen LogP contribution in [-0.4, -0.2) is 37.0 Å². The van der Waals surface area contributed by atoms with E-state index in [1.807, 2.05) is 0 Å². The number of rotatable bonds is 3. The van der Waals surface area contributed by atoms with Crippen molar-refractivity contribution in [2.24, 2.45) is 0 Å². The van der Waals surface area contributed by atoms with Gasteiger partial charge in [0.05, 0.1) is 13.7 Å². The van der Waals surface area contributed by atoms with Crippen molar-refractivity contribution in [2.45, 2.75) is 25.8 Å². The maximum atomic E-state index is 11.1. The predicted octanol–water partition coefficient (Wildman–Crippen LogP) is 0.148. The summed E-state index contributed by atoms with van der Waals surface area (Å²) in [5.41, 5.74) is 2.31. The number of hydroxylamine groups is 1. The molecule has 0 spiro atoms. The lowest BCUT2D eigenvalue weighted by atomic mass is 10.2. The molecule has 1 fully saturated rings. The quantitative estimate of drug-likeness (QED) is 0.616. The van der Waals surface area contributed by atoms with Crippen LogP contribution in [0.4, 0.5) is 0 Å². The Balaban J connectivity index is 2.25. The maximum Gasteiger partial charge on any atom is 0.257 e. The summed E-state index contributed by atoms with van der Waals surface area (Å²) in [6, 6.07) is 0.535. The first-order valence-corrected chi connectivity index (χ1v) is 4.30.